The number of esters is 1. The van der Waals surface area contributed by atoms with E-state index in [1.54, 1.807) is 6.92 Å². The van der Waals surface area contributed by atoms with Gasteiger partial charge in [0.15, 0.2) is 0 Å². The first-order valence-electron chi connectivity index (χ1n) is 7.67. The normalized spacial score (nSPS) is 32.3. The summed E-state index contributed by atoms with van der Waals surface area (Å²) in [5.41, 5.74) is 0. The molecule has 0 saturated heterocycles. The number of rotatable bonds is 7. The van der Waals surface area contributed by atoms with Crippen molar-refractivity contribution in [3.05, 3.63) is 0 Å². The maximum Gasteiger partial charge on any atom is 0.308 e. The summed E-state index contributed by atoms with van der Waals surface area (Å²) >= 11 is 0. The molecule has 2 rings (SSSR count). The summed E-state index contributed by atoms with van der Waals surface area (Å²) in [5.74, 6) is 2.27. The number of carbonyl (C=O) groups is 1. The number of aliphatic hydroxyl groups is 1. The second-order valence-electron chi connectivity index (χ2n) is 6.20. The minimum atomic E-state index is -0.639. The minimum absolute atomic E-state index is 0.0876. The lowest BCUT2D eigenvalue weighted by molar-refractivity contribution is -0.145. The van der Waals surface area contributed by atoms with Gasteiger partial charge < -0.3 is 15.2 Å². The third kappa shape index (κ3) is 3.93. The van der Waals surface area contributed by atoms with E-state index in [1.165, 1.54) is 25.7 Å². The Morgan fingerprint density at radius 3 is 2.79 bits per heavy atom. The van der Waals surface area contributed by atoms with Gasteiger partial charge in [-0.3, -0.25) is 4.79 Å². The van der Waals surface area contributed by atoms with E-state index >= 15 is 0 Å². The number of fused-ring (bicyclic) bond motifs is 2. The molecule has 0 spiro atoms. The van der Waals surface area contributed by atoms with Gasteiger partial charge in [0.25, 0.3) is 0 Å². The Bertz CT molecular complexity index is 308. The molecular weight excluding hydrogens is 242 g/mol. The van der Waals surface area contributed by atoms with E-state index in [1.807, 2.05) is 0 Å². The van der Waals surface area contributed by atoms with E-state index in [-0.39, 0.29) is 12.4 Å². The number of carbonyl (C=O) groups excluding carboxylic acids is 1. The summed E-state index contributed by atoms with van der Waals surface area (Å²) in [6.45, 7) is 4.84. The molecule has 2 aliphatic carbocycles. The first-order chi connectivity index (χ1) is 9.10. The lowest BCUT2D eigenvalue weighted by Crippen LogP contribution is -2.40. The molecule has 0 aromatic carbocycles. The monoisotopic (exact) mass is 269 g/mol. The first-order valence-corrected chi connectivity index (χ1v) is 7.67. The standard InChI is InChI=1S/C15H27NO3/c1-3-19-15(18)8-13(17)9-16-10(2)14-7-11-4-5-12(14)6-11/h10-14,16-17H,3-9H2,1-2H3. The summed E-state index contributed by atoms with van der Waals surface area (Å²) < 4.78 is 4.83. The quantitative estimate of drug-likeness (QED) is 0.691. The first kappa shape index (κ1) is 14.8. The van der Waals surface area contributed by atoms with Crippen molar-refractivity contribution in [2.45, 2.75) is 58.1 Å². The van der Waals surface area contributed by atoms with Crippen molar-refractivity contribution in [2.24, 2.45) is 17.8 Å². The molecule has 4 nitrogen and oxygen atoms in total. The molecule has 2 saturated carbocycles. The maximum absolute atomic E-state index is 11.2. The number of aliphatic hydroxyl groups excluding tert-OH is 1. The minimum Gasteiger partial charge on any atom is -0.466 e. The Hall–Kier alpha value is -0.610. The van der Waals surface area contributed by atoms with Crippen molar-refractivity contribution >= 4 is 5.97 Å². The van der Waals surface area contributed by atoms with Gasteiger partial charge in [-0.2, -0.15) is 0 Å². The highest BCUT2D eigenvalue weighted by molar-refractivity contribution is 5.69. The van der Waals surface area contributed by atoms with E-state index in [0.717, 1.165) is 17.8 Å². The highest BCUT2D eigenvalue weighted by atomic mass is 16.5. The predicted molar refractivity (Wildman–Crippen MR) is 73.7 cm³/mol. The second-order valence-corrected chi connectivity index (χ2v) is 6.20. The summed E-state index contributed by atoms with van der Waals surface area (Å²) in [6.07, 6.45) is 4.99. The topological polar surface area (TPSA) is 58.6 Å². The largest absolute Gasteiger partial charge is 0.466 e. The van der Waals surface area contributed by atoms with Crippen LogP contribution < -0.4 is 5.32 Å². The van der Waals surface area contributed by atoms with Gasteiger partial charge in [-0.1, -0.05) is 6.42 Å². The predicted octanol–water partition coefficient (Wildman–Crippen LogP) is 1.71. The molecule has 110 valence electrons. The molecule has 0 heterocycles. The third-order valence-electron chi connectivity index (χ3n) is 4.82. The summed E-state index contributed by atoms with van der Waals surface area (Å²) in [5, 5.41) is 13.2. The van der Waals surface area contributed by atoms with E-state index in [4.69, 9.17) is 4.74 Å². The Morgan fingerprint density at radius 1 is 1.42 bits per heavy atom. The van der Waals surface area contributed by atoms with E-state index in [2.05, 4.69) is 12.2 Å². The zero-order valence-corrected chi connectivity index (χ0v) is 12.1. The number of hydrogen-bond donors (Lipinski definition) is 2. The van der Waals surface area contributed by atoms with Gasteiger partial charge in [0.1, 0.15) is 0 Å². The number of hydrogen-bond acceptors (Lipinski definition) is 4. The highest BCUT2D eigenvalue weighted by Crippen LogP contribution is 2.49. The van der Waals surface area contributed by atoms with Crippen molar-refractivity contribution < 1.29 is 14.6 Å². The Labute approximate surface area is 115 Å². The van der Waals surface area contributed by atoms with Crippen LogP contribution in [0.2, 0.25) is 0 Å². The van der Waals surface area contributed by atoms with E-state index < -0.39 is 6.10 Å². The van der Waals surface area contributed by atoms with Crippen molar-refractivity contribution in [2.75, 3.05) is 13.2 Å². The molecule has 0 aromatic rings. The van der Waals surface area contributed by atoms with Gasteiger partial charge in [-0.25, -0.2) is 0 Å². The van der Waals surface area contributed by atoms with Gasteiger partial charge in [0.05, 0.1) is 19.1 Å². The van der Waals surface area contributed by atoms with Gasteiger partial charge in [0, 0.05) is 12.6 Å². The van der Waals surface area contributed by atoms with Crippen molar-refractivity contribution in [1.29, 1.82) is 0 Å². The van der Waals surface area contributed by atoms with Gasteiger partial charge in [-0.05, 0) is 50.9 Å². The van der Waals surface area contributed by atoms with Crippen molar-refractivity contribution in [3.63, 3.8) is 0 Å². The molecule has 2 fully saturated rings. The molecule has 0 radical (unpaired) electrons. The van der Waals surface area contributed by atoms with Crippen LogP contribution in [0.15, 0.2) is 0 Å². The van der Waals surface area contributed by atoms with E-state index in [0.29, 0.717) is 19.2 Å². The van der Waals surface area contributed by atoms with Crippen LogP contribution in [0, 0.1) is 17.8 Å². The molecule has 2 bridgehead atoms. The van der Waals surface area contributed by atoms with Crippen LogP contribution in [0.1, 0.15) is 46.0 Å². The summed E-state index contributed by atoms with van der Waals surface area (Å²) in [6, 6.07) is 0.437. The Morgan fingerprint density at radius 2 is 2.21 bits per heavy atom. The van der Waals surface area contributed by atoms with Crippen LogP contribution in [-0.4, -0.2) is 36.4 Å². The Kier molecular flexibility index (Phi) is 5.22. The average molecular weight is 269 g/mol. The van der Waals surface area contributed by atoms with Crippen LogP contribution in [0.5, 0.6) is 0 Å². The van der Waals surface area contributed by atoms with Crippen LogP contribution in [0.25, 0.3) is 0 Å². The molecular formula is C15H27NO3. The molecule has 5 unspecified atom stereocenters. The summed E-state index contributed by atoms with van der Waals surface area (Å²) in [7, 11) is 0. The molecule has 0 aromatic heterocycles. The molecule has 5 atom stereocenters. The smallest absolute Gasteiger partial charge is 0.308 e. The number of ether oxygens (including phenoxy) is 1. The fourth-order valence-electron chi connectivity index (χ4n) is 3.86. The van der Waals surface area contributed by atoms with E-state index in [9.17, 15) is 9.90 Å². The third-order valence-corrected chi connectivity index (χ3v) is 4.82. The molecule has 2 aliphatic rings. The molecule has 0 aliphatic heterocycles. The van der Waals surface area contributed by atoms with Crippen LogP contribution >= 0.6 is 0 Å². The van der Waals surface area contributed by atoms with Crippen molar-refractivity contribution in [3.8, 4) is 0 Å². The average Bonchev–Trinajstić information content (AvgIpc) is 2.98. The fraction of sp³-hybridized carbons (Fsp3) is 0.933. The zero-order valence-electron chi connectivity index (χ0n) is 12.1. The van der Waals surface area contributed by atoms with Crippen LogP contribution in [0.3, 0.4) is 0 Å². The SMILES string of the molecule is CCOC(=O)CC(O)CNC(C)C1CC2CCC1C2. The highest BCUT2D eigenvalue weighted by Gasteiger charge is 2.41. The Balaban J connectivity index is 1.66. The molecule has 0 amide bonds. The fourth-order valence-corrected chi connectivity index (χ4v) is 3.86. The lowest BCUT2D eigenvalue weighted by Gasteiger charge is -2.29. The van der Waals surface area contributed by atoms with Gasteiger partial charge >= 0.3 is 5.97 Å². The molecule has 19 heavy (non-hydrogen) atoms. The second kappa shape index (κ2) is 6.71. The molecule has 2 N–H and O–H groups in total. The molecule has 4 heteroatoms. The zero-order chi connectivity index (χ0) is 13.8. The lowest BCUT2D eigenvalue weighted by atomic mass is 9.84. The maximum atomic E-state index is 11.2. The van der Waals surface area contributed by atoms with Gasteiger partial charge in [-0.15, -0.1) is 0 Å². The van der Waals surface area contributed by atoms with Crippen molar-refractivity contribution in [1.82, 2.24) is 5.32 Å². The van der Waals surface area contributed by atoms with Crippen LogP contribution in [0.4, 0.5) is 0 Å². The van der Waals surface area contributed by atoms with Crippen LogP contribution in [-0.2, 0) is 9.53 Å². The number of nitrogens with one attached hydrogen (secondary N) is 1. The summed E-state index contributed by atoms with van der Waals surface area (Å²) in [4.78, 5) is 11.2. The van der Waals surface area contributed by atoms with Gasteiger partial charge in [0.2, 0.25) is 0 Å².